The summed E-state index contributed by atoms with van der Waals surface area (Å²) in [6.45, 7) is 5.15. The Hall–Kier alpha value is -1.86. The highest BCUT2D eigenvalue weighted by Gasteiger charge is 2.16. The van der Waals surface area contributed by atoms with Gasteiger partial charge in [0, 0.05) is 17.7 Å². The van der Waals surface area contributed by atoms with Crippen molar-refractivity contribution in [2.45, 2.75) is 32.7 Å². The predicted molar refractivity (Wildman–Crippen MR) is 83.3 cm³/mol. The fraction of sp³-hybridized carbons (Fsp3) is 0.429. The Kier molecular flexibility index (Phi) is 5.35. The van der Waals surface area contributed by atoms with Crippen LogP contribution in [0, 0.1) is 10.1 Å². The van der Waals surface area contributed by atoms with Crippen molar-refractivity contribution in [1.82, 2.24) is 15.5 Å². The molecule has 0 bridgehead atoms. The van der Waals surface area contributed by atoms with Gasteiger partial charge in [-0.25, -0.2) is 0 Å². The van der Waals surface area contributed by atoms with Gasteiger partial charge in [0.15, 0.2) is 0 Å². The van der Waals surface area contributed by atoms with Crippen molar-refractivity contribution >= 4 is 17.0 Å². The molecule has 112 valence electrons. The number of nitrogens with one attached hydrogen (secondary N) is 1. The van der Waals surface area contributed by atoms with E-state index in [9.17, 15) is 10.1 Å². The van der Waals surface area contributed by atoms with E-state index in [1.165, 1.54) is 23.5 Å². The lowest BCUT2D eigenvalue weighted by molar-refractivity contribution is -0.384. The predicted octanol–water partition coefficient (Wildman–Crippen LogP) is 3.56. The lowest BCUT2D eigenvalue weighted by atomic mass is 10.2. The Bertz CT molecular complexity index is 615. The first-order valence-corrected chi connectivity index (χ1v) is 7.79. The Morgan fingerprint density at radius 1 is 1.38 bits per heavy atom. The fourth-order valence-corrected chi connectivity index (χ4v) is 2.97. The van der Waals surface area contributed by atoms with E-state index in [2.05, 4.69) is 29.4 Å². The van der Waals surface area contributed by atoms with Crippen molar-refractivity contribution < 1.29 is 4.92 Å². The molecule has 0 aliphatic carbocycles. The molecule has 0 spiro atoms. The van der Waals surface area contributed by atoms with E-state index in [-0.39, 0.29) is 11.7 Å². The monoisotopic (exact) mass is 306 g/mol. The van der Waals surface area contributed by atoms with E-state index in [0.29, 0.717) is 5.01 Å². The Morgan fingerprint density at radius 3 is 2.86 bits per heavy atom. The maximum atomic E-state index is 10.8. The van der Waals surface area contributed by atoms with Crippen molar-refractivity contribution in [2.75, 3.05) is 6.54 Å². The molecule has 6 nitrogen and oxygen atoms in total. The lowest BCUT2D eigenvalue weighted by Gasteiger charge is -2.12. The number of nitro groups is 1. The van der Waals surface area contributed by atoms with Crippen LogP contribution in [0.15, 0.2) is 24.3 Å². The van der Waals surface area contributed by atoms with Gasteiger partial charge >= 0.3 is 0 Å². The molecule has 1 unspecified atom stereocenters. The number of hydrogen-bond acceptors (Lipinski definition) is 6. The van der Waals surface area contributed by atoms with Gasteiger partial charge in [0.2, 0.25) is 0 Å². The standard InChI is InChI=1S/C14H18N4O2S/c1-3-8-15-12(4-2)14-17-16-13(21-14)10-6-5-7-11(9-10)18(19)20/h5-7,9,12,15H,3-4,8H2,1-2H3. The maximum Gasteiger partial charge on any atom is 0.270 e. The highest BCUT2D eigenvalue weighted by Crippen LogP contribution is 2.29. The quantitative estimate of drug-likeness (QED) is 0.625. The van der Waals surface area contributed by atoms with Crippen LogP contribution < -0.4 is 5.32 Å². The number of benzene rings is 1. The number of nitrogens with zero attached hydrogens (tertiary/aromatic N) is 3. The summed E-state index contributed by atoms with van der Waals surface area (Å²) in [6, 6.07) is 6.68. The second-order valence-corrected chi connectivity index (χ2v) is 5.68. The third-order valence-electron chi connectivity index (χ3n) is 3.09. The molecule has 1 N–H and O–H groups in total. The Balaban J connectivity index is 2.22. The number of nitro benzene ring substituents is 1. The molecule has 0 saturated carbocycles. The fourth-order valence-electron chi connectivity index (χ4n) is 1.97. The average molecular weight is 306 g/mol. The molecular weight excluding hydrogens is 288 g/mol. The van der Waals surface area contributed by atoms with E-state index >= 15 is 0 Å². The first-order valence-electron chi connectivity index (χ1n) is 6.97. The molecule has 1 atom stereocenters. The van der Waals surface area contributed by atoms with Crippen LogP contribution in [0.5, 0.6) is 0 Å². The van der Waals surface area contributed by atoms with Gasteiger partial charge in [-0.3, -0.25) is 10.1 Å². The summed E-state index contributed by atoms with van der Waals surface area (Å²) in [5, 5.41) is 24.3. The van der Waals surface area contributed by atoms with Gasteiger partial charge in [-0.15, -0.1) is 10.2 Å². The lowest BCUT2D eigenvalue weighted by Crippen LogP contribution is -2.21. The molecule has 0 aliphatic rings. The maximum absolute atomic E-state index is 10.8. The smallest absolute Gasteiger partial charge is 0.270 e. The highest BCUT2D eigenvalue weighted by molar-refractivity contribution is 7.14. The second kappa shape index (κ2) is 7.24. The summed E-state index contributed by atoms with van der Waals surface area (Å²) in [5.74, 6) is 0. The molecule has 1 aromatic heterocycles. The summed E-state index contributed by atoms with van der Waals surface area (Å²) in [4.78, 5) is 10.4. The first-order chi connectivity index (χ1) is 10.2. The minimum absolute atomic E-state index is 0.0698. The summed E-state index contributed by atoms with van der Waals surface area (Å²) in [5.41, 5.74) is 0.804. The van der Waals surface area contributed by atoms with Crippen LogP contribution >= 0.6 is 11.3 Å². The molecule has 7 heteroatoms. The molecular formula is C14H18N4O2S. The summed E-state index contributed by atoms with van der Waals surface area (Å²) in [6.07, 6.45) is 2.00. The zero-order valence-electron chi connectivity index (χ0n) is 12.1. The molecule has 0 radical (unpaired) electrons. The molecule has 1 aromatic carbocycles. The van der Waals surface area contributed by atoms with Gasteiger partial charge in [-0.1, -0.05) is 37.3 Å². The highest BCUT2D eigenvalue weighted by atomic mass is 32.1. The molecule has 0 aliphatic heterocycles. The zero-order valence-corrected chi connectivity index (χ0v) is 12.9. The molecule has 2 aromatic rings. The van der Waals surface area contributed by atoms with Crippen LogP contribution in [0.4, 0.5) is 5.69 Å². The van der Waals surface area contributed by atoms with Crippen LogP contribution in [0.3, 0.4) is 0 Å². The van der Waals surface area contributed by atoms with Crippen LogP contribution in [0.2, 0.25) is 0 Å². The molecule has 0 saturated heterocycles. The third-order valence-corrected chi connectivity index (χ3v) is 4.18. The first kappa shape index (κ1) is 15.5. The largest absolute Gasteiger partial charge is 0.308 e. The molecule has 21 heavy (non-hydrogen) atoms. The van der Waals surface area contributed by atoms with E-state index in [0.717, 1.165) is 30.0 Å². The van der Waals surface area contributed by atoms with Gasteiger partial charge in [0.05, 0.1) is 11.0 Å². The average Bonchev–Trinajstić information content (AvgIpc) is 2.98. The zero-order chi connectivity index (χ0) is 15.2. The number of aromatic nitrogens is 2. The number of hydrogen-bond donors (Lipinski definition) is 1. The molecule has 1 heterocycles. The Morgan fingerprint density at radius 2 is 2.19 bits per heavy atom. The van der Waals surface area contributed by atoms with Gasteiger partial charge in [-0.2, -0.15) is 0 Å². The van der Waals surface area contributed by atoms with E-state index < -0.39 is 4.92 Å². The van der Waals surface area contributed by atoms with Crippen LogP contribution in [0.1, 0.15) is 37.7 Å². The summed E-state index contributed by atoms with van der Waals surface area (Å²) < 4.78 is 0. The van der Waals surface area contributed by atoms with Crippen molar-refractivity contribution in [3.8, 4) is 10.6 Å². The topological polar surface area (TPSA) is 81.0 Å². The van der Waals surface area contributed by atoms with E-state index in [4.69, 9.17) is 0 Å². The van der Waals surface area contributed by atoms with Gasteiger partial charge in [0.25, 0.3) is 5.69 Å². The SMILES string of the molecule is CCCNC(CC)c1nnc(-c2cccc([N+](=O)[O-])c2)s1. The van der Waals surface area contributed by atoms with Crippen LogP contribution in [0.25, 0.3) is 10.6 Å². The molecule has 2 rings (SSSR count). The number of rotatable bonds is 7. The third kappa shape index (κ3) is 3.83. The summed E-state index contributed by atoms with van der Waals surface area (Å²) in [7, 11) is 0. The van der Waals surface area contributed by atoms with Crippen LogP contribution in [-0.4, -0.2) is 21.7 Å². The van der Waals surface area contributed by atoms with Crippen LogP contribution in [-0.2, 0) is 0 Å². The van der Waals surface area contributed by atoms with Crippen molar-refractivity contribution in [3.05, 3.63) is 39.4 Å². The van der Waals surface area contributed by atoms with E-state index in [1.54, 1.807) is 6.07 Å². The number of non-ortho nitro benzene ring substituents is 1. The van der Waals surface area contributed by atoms with Gasteiger partial charge in [-0.05, 0) is 19.4 Å². The minimum atomic E-state index is -0.400. The van der Waals surface area contributed by atoms with Crippen molar-refractivity contribution in [3.63, 3.8) is 0 Å². The van der Waals surface area contributed by atoms with E-state index in [1.807, 2.05) is 6.07 Å². The molecule has 0 amide bonds. The molecule has 0 fully saturated rings. The van der Waals surface area contributed by atoms with Gasteiger partial charge < -0.3 is 5.32 Å². The second-order valence-electron chi connectivity index (χ2n) is 4.67. The van der Waals surface area contributed by atoms with Crippen molar-refractivity contribution in [1.29, 1.82) is 0 Å². The van der Waals surface area contributed by atoms with Crippen molar-refractivity contribution in [2.24, 2.45) is 0 Å². The Labute approximate surface area is 127 Å². The summed E-state index contributed by atoms with van der Waals surface area (Å²) >= 11 is 1.48. The minimum Gasteiger partial charge on any atom is -0.308 e. The normalized spacial score (nSPS) is 12.3. The van der Waals surface area contributed by atoms with Gasteiger partial charge in [0.1, 0.15) is 10.0 Å².